The molecule has 1 fully saturated rings. The number of nitrogens with zero attached hydrogens (tertiary/aromatic N) is 7. The molecule has 0 atom stereocenters. The molecule has 0 aliphatic carbocycles. The highest BCUT2D eigenvalue weighted by Gasteiger charge is 2.17. The minimum absolute atomic E-state index is 0.00621. The number of benzene rings is 1. The van der Waals surface area contributed by atoms with E-state index in [1.165, 1.54) is 11.3 Å². The van der Waals surface area contributed by atoms with E-state index >= 15 is 0 Å². The summed E-state index contributed by atoms with van der Waals surface area (Å²) in [4.78, 5) is 21.9. The number of carbonyl (C=O) groups excluding carboxylic acids is 1. The number of ketones is 1. The van der Waals surface area contributed by atoms with E-state index in [1.54, 1.807) is 17.8 Å². The molecular formula is C22H21N7OS. The van der Waals surface area contributed by atoms with Gasteiger partial charge in [0.15, 0.2) is 5.78 Å². The van der Waals surface area contributed by atoms with Gasteiger partial charge in [-0.3, -0.25) is 4.79 Å². The van der Waals surface area contributed by atoms with Crippen LogP contribution in [-0.2, 0) is 6.42 Å². The van der Waals surface area contributed by atoms with Crippen LogP contribution in [0.25, 0.3) is 21.5 Å². The van der Waals surface area contributed by atoms with Gasteiger partial charge < -0.3 is 9.80 Å². The number of anilines is 1. The first-order valence-corrected chi connectivity index (χ1v) is 11.0. The van der Waals surface area contributed by atoms with Crippen LogP contribution in [0.15, 0.2) is 48.1 Å². The van der Waals surface area contributed by atoms with Gasteiger partial charge >= 0.3 is 0 Å². The Bertz CT molecular complexity index is 1220. The number of aromatic nitrogens is 5. The summed E-state index contributed by atoms with van der Waals surface area (Å²) in [6, 6.07) is 11.5. The lowest BCUT2D eigenvalue weighted by Gasteiger charge is -2.33. The van der Waals surface area contributed by atoms with Gasteiger partial charge in [-0.2, -0.15) is 10.2 Å². The van der Waals surface area contributed by atoms with Crippen LogP contribution in [0.1, 0.15) is 16.1 Å². The third-order valence-electron chi connectivity index (χ3n) is 5.48. The van der Waals surface area contributed by atoms with Crippen molar-refractivity contribution in [3.63, 3.8) is 0 Å². The lowest BCUT2D eigenvalue weighted by atomic mass is 10.1. The Kier molecular flexibility index (Phi) is 5.35. The first-order chi connectivity index (χ1) is 15.2. The van der Waals surface area contributed by atoms with E-state index in [2.05, 4.69) is 42.2 Å². The number of Topliss-reactive ketones (excluding diaryl/α,β-unsaturated/α-hetero) is 1. The number of hydrogen-bond acceptors (Lipinski definition) is 9. The SMILES string of the molecule is CN1CCN(c2cc(C(=O)Cc3cc4cc(-c5nncs5)ccc4nn3)ccn2)CC1. The van der Waals surface area contributed by atoms with Crippen molar-refractivity contribution < 1.29 is 4.79 Å². The zero-order valence-corrected chi connectivity index (χ0v) is 17.9. The first-order valence-electron chi connectivity index (χ1n) is 10.1. The Hall–Kier alpha value is -3.30. The number of rotatable bonds is 5. The van der Waals surface area contributed by atoms with Crippen LogP contribution in [0.3, 0.4) is 0 Å². The predicted octanol–water partition coefficient (Wildman–Crippen LogP) is 2.72. The molecule has 0 spiro atoms. The second-order valence-corrected chi connectivity index (χ2v) is 8.48. The summed E-state index contributed by atoms with van der Waals surface area (Å²) in [7, 11) is 2.12. The van der Waals surface area contributed by atoms with Gasteiger partial charge in [-0.1, -0.05) is 11.3 Å². The van der Waals surface area contributed by atoms with Gasteiger partial charge in [0.2, 0.25) is 0 Å². The molecule has 3 aromatic heterocycles. The lowest BCUT2D eigenvalue weighted by Crippen LogP contribution is -2.44. The van der Waals surface area contributed by atoms with Gasteiger partial charge in [0.1, 0.15) is 16.3 Å². The molecule has 4 aromatic rings. The first kappa shape index (κ1) is 19.7. The monoisotopic (exact) mass is 431 g/mol. The Balaban J connectivity index is 1.35. The van der Waals surface area contributed by atoms with E-state index in [0.29, 0.717) is 11.3 Å². The van der Waals surface area contributed by atoms with Gasteiger partial charge in [-0.15, -0.1) is 10.2 Å². The van der Waals surface area contributed by atoms with Crippen molar-refractivity contribution in [1.82, 2.24) is 30.3 Å². The molecule has 0 bridgehead atoms. The highest BCUT2D eigenvalue weighted by Crippen LogP contribution is 2.25. The quantitative estimate of drug-likeness (QED) is 0.446. The smallest absolute Gasteiger partial charge is 0.169 e. The molecule has 5 rings (SSSR count). The average molecular weight is 432 g/mol. The van der Waals surface area contributed by atoms with Crippen molar-refractivity contribution in [3.8, 4) is 10.6 Å². The van der Waals surface area contributed by atoms with Crippen LogP contribution in [0.4, 0.5) is 5.82 Å². The van der Waals surface area contributed by atoms with Crippen LogP contribution in [0.2, 0.25) is 0 Å². The van der Waals surface area contributed by atoms with Gasteiger partial charge in [0.25, 0.3) is 0 Å². The van der Waals surface area contributed by atoms with E-state index in [-0.39, 0.29) is 12.2 Å². The van der Waals surface area contributed by atoms with E-state index < -0.39 is 0 Å². The minimum Gasteiger partial charge on any atom is -0.354 e. The molecule has 1 aliphatic heterocycles. The molecule has 4 heterocycles. The molecule has 156 valence electrons. The van der Waals surface area contributed by atoms with Crippen LogP contribution in [-0.4, -0.2) is 69.3 Å². The van der Waals surface area contributed by atoms with E-state index in [9.17, 15) is 4.79 Å². The summed E-state index contributed by atoms with van der Waals surface area (Å²) in [5.74, 6) is 0.858. The zero-order chi connectivity index (χ0) is 21.2. The number of hydrogen-bond donors (Lipinski definition) is 0. The summed E-state index contributed by atoms with van der Waals surface area (Å²) >= 11 is 1.48. The summed E-state index contributed by atoms with van der Waals surface area (Å²) in [5.41, 5.74) is 4.76. The molecule has 0 saturated carbocycles. The Morgan fingerprint density at radius 3 is 2.71 bits per heavy atom. The Morgan fingerprint density at radius 1 is 1.03 bits per heavy atom. The van der Waals surface area contributed by atoms with Crippen LogP contribution >= 0.6 is 11.3 Å². The number of piperazine rings is 1. The topological polar surface area (TPSA) is 88.0 Å². The molecule has 0 radical (unpaired) electrons. The third kappa shape index (κ3) is 4.28. The lowest BCUT2D eigenvalue weighted by molar-refractivity contribution is 0.0991. The Morgan fingerprint density at radius 2 is 1.90 bits per heavy atom. The minimum atomic E-state index is 0.00621. The standard InChI is InChI=1S/C22H21N7OS/c1-28-6-8-29(9-7-28)21-12-15(4-5-23-21)20(30)13-18-11-17-10-16(22-27-24-14-31-22)2-3-19(17)26-25-18/h2-5,10-12,14H,6-9,13H2,1H3. The summed E-state index contributed by atoms with van der Waals surface area (Å²) in [6.45, 7) is 3.81. The van der Waals surface area contributed by atoms with Gasteiger partial charge in [-0.05, 0) is 43.4 Å². The second-order valence-electron chi connectivity index (χ2n) is 7.65. The van der Waals surface area contributed by atoms with Crippen LogP contribution < -0.4 is 4.90 Å². The number of fused-ring (bicyclic) bond motifs is 1. The molecule has 9 heteroatoms. The maximum Gasteiger partial charge on any atom is 0.169 e. The fourth-order valence-electron chi connectivity index (χ4n) is 3.67. The van der Waals surface area contributed by atoms with Gasteiger partial charge in [0.05, 0.1) is 17.6 Å². The molecule has 0 unspecified atom stereocenters. The van der Waals surface area contributed by atoms with Crippen molar-refractivity contribution in [3.05, 3.63) is 59.4 Å². The highest BCUT2D eigenvalue weighted by molar-refractivity contribution is 7.12. The third-order valence-corrected chi connectivity index (χ3v) is 6.22. The zero-order valence-electron chi connectivity index (χ0n) is 17.1. The van der Waals surface area contributed by atoms with Crippen molar-refractivity contribution >= 4 is 33.8 Å². The Labute approximate surface area is 183 Å². The molecule has 8 nitrogen and oxygen atoms in total. The molecule has 1 saturated heterocycles. The van der Waals surface area contributed by atoms with Crippen LogP contribution in [0, 0.1) is 0 Å². The maximum absolute atomic E-state index is 13.0. The van der Waals surface area contributed by atoms with Crippen molar-refractivity contribution in [2.75, 3.05) is 38.1 Å². The van der Waals surface area contributed by atoms with E-state index in [4.69, 9.17) is 0 Å². The molecule has 31 heavy (non-hydrogen) atoms. The van der Waals surface area contributed by atoms with E-state index in [0.717, 1.165) is 53.5 Å². The van der Waals surface area contributed by atoms with E-state index in [1.807, 2.05) is 30.3 Å². The number of pyridine rings is 1. The average Bonchev–Trinajstić information content (AvgIpc) is 3.34. The second kappa shape index (κ2) is 8.44. The van der Waals surface area contributed by atoms with Crippen molar-refractivity contribution in [2.24, 2.45) is 0 Å². The van der Waals surface area contributed by atoms with Crippen molar-refractivity contribution in [1.29, 1.82) is 0 Å². The molecule has 1 aliphatic rings. The molecule has 1 aromatic carbocycles. The normalized spacial score (nSPS) is 14.8. The molecular weight excluding hydrogens is 410 g/mol. The fraction of sp³-hybridized carbons (Fsp3) is 0.273. The van der Waals surface area contributed by atoms with Gasteiger partial charge in [0, 0.05) is 48.9 Å². The fourth-order valence-corrected chi connectivity index (χ4v) is 4.22. The van der Waals surface area contributed by atoms with Gasteiger partial charge in [-0.25, -0.2) is 4.98 Å². The van der Waals surface area contributed by atoms with Crippen LogP contribution in [0.5, 0.6) is 0 Å². The number of likely N-dealkylation sites (N-methyl/N-ethyl adjacent to an activating group) is 1. The summed E-state index contributed by atoms with van der Waals surface area (Å²) < 4.78 is 0. The maximum atomic E-state index is 13.0. The number of carbonyl (C=O) groups is 1. The molecule has 0 amide bonds. The summed E-state index contributed by atoms with van der Waals surface area (Å²) in [6.07, 6.45) is 1.90. The predicted molar refractivity (Wildman–Crippen MR) is 120 cm³/mol. The highest BCUT2D eigenvalue weighted by atomic mass is 32.1. The molecule has 0 N–H and O–H groups in total. The van der Waals surface area contributed by atoms with Crippen molar-refractivity contribution in [2.45, 2.75) is 6.42 Å². The summed E-state index contributed by atoms with van der Waals surface area (Å²) in [5, 5.41) is 18.3. The largest absolute Gasteiger partial charge is 0.354 e.